The van der Waals surface area contributed by atoms with Gasteiger partial charge in [-0.2, -0.15) is 0 Å². The molecule has 0 saturated carbocycles. The first-order valence-electron chi connectivity index (χ1n) is 1.35. The number of hydroxylamine groups is 2. The first kappa shape index (κ1) is 5.90. The molecule has 0 radical (unpaired) electrons. The fourth-order valence-electron chi connectivity index (χ4n) is 0.0451. The standard InChI is InChI=1S/C2H3NO4/c4-1-3(7)2(5)6/h1,7H,(H,5,6). The molecule has 0 aromatic carbocycles. The lowest BCUT2D eigenvalue weighted by Crippen LogP contribution is -2.22. The zero-order valence-corrected chi connectivity index (χ0v) is 3.24. The number of imide groups is 1. The van der Waals surface area contributed by atoms with E-state index in [1.54, 1.807) is 0 Å². The summed E-state index contributed by atoms with van der Waals surface area (Å²) in [4.78, 5) is 18.6. The third-order valence-electron chi connectivity index (χ3n) is 0.296. The zero-order valence-electron chi connectivity index (χ0n) is 3.24. The van der Waals surface area contributed by atoms with Crippen LogP contribution in [0.25, 0.3) is 0 Å². The minimum atomic E-state index is -1.69. The van der Waals surface area contributed by atoms with Crippen molar-refractivity contribution in [1.82, 2.24) is 5.06 Å². The van der Waals surface area contributed by atoms with Gasteiger partial charge in [0.15, 0.2) is 0 Å². The molecule has 5 heteroatoms. The maximum atomic E-state index is 9.38. The van der Waals surface area contributed by atoms with Crippen molar-refractivity contribution in [3.05, 3.63) is 0 Å². The second-order valence-corrected chi connectivity index (χ2v) is 0.733. The van der Waals surface area contributed by atoms with Gasteiger partial charge in [0.1, 0.15) is 0 Å². The summed E-state index contributed by atoms with van der Waals surface area (Å²) >= 11 is 0. The second-order valence-electron chi connectivity index (χ2n) is 0.733. The van der Waals surface area contributed by atoms with Crippen molar-refractivity contribution in [2.45, 2.75) is 0 Å². The average molecular weight is 105 g/mol. The van der Waals surface area contributed by atoms with Crippen molar-refractivity contribution in [2.75, 3.05) is 0 Å². The van der Waals surface area contributed by atoms with Crippen LogP contribution in [0.5, 0.6) is 0 Å². The average Bonchev–Trinajstić information content (AvgIpc) is 1.65. The van der Waals surface area contributed by atoms with Crippen LogP contribution >= 0.6 is 0 Å². The molecule has 0 atom stereocenters. The summed E-state index contributed by atoms with van der Waals surface area (Å²) in [5, 5.41) is 15.0. The SMILES string of the molecule is O=CN(O)C(=O)O. The normalized spacial score (nSPS) is 7.57. The van der Waals surface area contributed by atoms with E-state index in [4.69, 9.17) is 10.3 Å². The fourth-order valence-corrected chi connectivity index (χ4v) is 0.0451. The molecule has 0 aromatic rings. The lowest BCUT2D eigenvalue weighted by molar-refractivity contribution is -0.140. The molecule has 7 heavy (non-hydrogen) atoms. The maximum absolute atomic E-state index is 9.38. The third kappa shape index (κ3) is 1.72. The highest BCUT2D eigenvalue weighted by Crippen LogP contribution is 1.71. The van der Waals surface area contributed by atoms with E-state index in [9.17, 15) is 9.59 Å². The minimum Gasteiger partial charge on any atom is -0.463 e. The predicted molar refractivity (Wildman–Crippen MR) is 17.7 cm³/mol. The van der Waals surface area contributed by atoms with Gasteiger partial charge in [0, 0.05) is 0 Å². The van der Waals surface area contributed by atoms with Gasteiger partial charge in [-0.05, 0) is 0 Å². The molecule has 0 aliphatic carbocycles. The van der Waals surface area contributed by atoms with Gasteiger partial charge in [0.2, 0.25) is 6.41 Å². The molecule has 0 bridgehead atoms. The molecular formula is C2H3NO4. The van der Waals surface area contributed by atoms with E-state index in [-0.39, 0.29) is 6.41 Å². The van der Waals surface area contributed by atoms with E-state index in [1.807, 2.05) is 0 Å². The van der Waals surface area contributed by atoms with Crippen LogP contribution < -0.4 is 0 Å². The van der Waals surface area contributed by atoms with E-state index in [0.717, 1.165) is 0 Å². The smallest absolute Gasteiger partial charge is 0.438 e. The Morgan fingerprint density at radius 3 is 2.14 bits per heavy atom. The van der Waals surface area contributed by atoms with Gasteiger partial charge in [-0.15, -0.1) is 5.06 Å². The van der Waals surface area contributed by atoms with Crippen LogP contribution in [-0.2, 0) is 4.79 Å². The first-order chi connectivity index (χ1) is 3.18. The van der Waals surface area contributed by atoms with Gasteiger partial charge < -0.3 is 5.11 Å². The highest BCUT2D eigenvalue weighted by Gasteiger charge is 2.02. The van der Waals surface area contributed by atoms with E-state index >= 15 is 0 Å². The molecular weight excluding hydrogens is 102 g/mol. The number of hydrogen-bond acceptors (Lipinski definition) is 3. The first-order valence-corrected chi connectivity index (χ1v) is 1.35. The molecule has 0 heterocycles. The van der Waals surface area contributed by atoms with Gasteiger partial charge in [0.25, 0.3) is 0 Å². The largest absolute Gasteiger partial charge is 0.463 e. The van der Waals surface area contributed by atoms with Crippen LogP contribution in [0, 0.1) is 0 Å². The quantitative estimate of drug-likeness (QED) is 0.268. The fraction of sp³-hybridized carbons (Fsp3) is 0. The summed E-state index contributed by atoms with van der Waals surface area (Å²) in [6.07, 6.45) is -1.91. The Bertz CT molecular complexity index is 89.7. The summed E-state index contributed by atoms with van der Waals surface area (Å²) in [5.74, 6) is 0. The molecule has 2 amide bonds. The van der Waals surface area contributed by atoms with Crippen LogP contribution in [0.15, 0.2) is 0 Å². The Kier molecular flexibility index (Phi) is 1.80. The summed E-state index contributed by atoms with van der Waals surface area (Å²) < 4.78 is 0. The molecule has 5 nitrogen and oxygen atoms in total. The van der Waals surface area contributed by atoms with Crippen molar-refractivity contribution >= 4 is 12.5 Å². The lowest BCUT2D eigenvalue weighted by atomic mass is 11.1. The van der Waals surface area contributed by atoms with E-state index in [0.29, 0.717) is 0 Å². The summed E-state index contributed by atoms with van der Waals surface area (Å²) in [6, 6.07) is 0. The van der Waals surface area contributed by atoms with E-state index in [2.05, 4.69) is 0 Å². The van der Waals surface area contributed by atoms with Crippen molar-refractivity contribution in [1.29, 1.82) is 0 Å². The molecule has 0 unspecified atom stereocenters. The summed E-state index contributed by atoms with van der Waals surface area (Å²) in [5.41, 5.74) is 0. The summed E-state index contributed by atoms with van der Waals surface area (Å²) in [6.45, 7) is 0. The Balaban J connectivity index is 3.55. The van der Waals surface area contributed by atoms with Crippen molar-refractivity contribution < 1.29 is 19.9 Å². The van der Waals surface area contributed by atoms with E-state index in [1.165, 1.54) is 0 Å². The Hall–Kier alpha value is -1.10. The Morgan fingerprint density at radius 2 is 2.14 bits per heavy atom. The van der Waals surface area contributed by atoms with Gasteiger partial charge in [-0.1, -0.05) is 0 Å². The number of amides is 2. The van der Waals surface area contributed by atoms with Gasteiger partial charge >= 0.3 is 6.09 Å². The van der Waals surface area contributed by atoms with Crippen LogP contribution in [0.3, 0.4) is 0 Å². The molecule has 0 aliphatic heterocycles. The highest BCUT2D eigenvalue weighted by molar-refractivity contribution is 5.76. The minimum absolute atomic E-state index is 0.220. The Morgan fingerprint density at radius 1 is 1.71 bits per heavy atom. The number of nitrogens with zero attached hydrogens (tertiary/aromatic N) is 1. The molecule has 0 spiro atoms. The molecule has 0 aromatic heterocycles. The summed E-state index contributed by atoms with van der Waals surface area (Å²) in [7, 11) is 0. The third-order valence-corrected chi connectivity index (χ3v) is 0.296. The van der Waals surface area contributed by atoms with Crippen molar-refractivity contribution in [2.24, 2.45) is 0 Å². The molecule has 40 valence electrons. The van der Waals surface area contributed by atoms with Crippen molar-refractivity contribution in [3.63, 3.8) is 0 Å². The van der Waals surface area contributed by atoms with Gasteiger partial charge in [0.05, 0.1) is 0 Å². The molecule has 0 aliphatic rings. The molecule has 0 rings (SSSR count). The second kappa shape index (κ2) is 2.14. The van der Waals surface area contributed by atoms with Crippen LogP contribution in [-0.4, -0.2) is 27.9 Å². The number of rotatable bonds is 1. The topological polar surface area (TPSA) is 77.8 Å². The molecule has 0 fully saturated rings. The van der Waals surface area contributed by atoms with E-state index < -0.39 is 11.2 Å². The van der Waals surface area contributed by atoms with Crippen LogP contribution in [0.1, 0.15) is 0 Å². The molecule has 0 saturated heterocycles. The zero-order chi connectivity index (χ0) is 5.86. The number of carboxylic acid groups (broad SMARTS) is 1. The molecule has 2 N–H and O–H groups in total. The van der Waals surface area contributed by atoms with Gasteiger partial charge in [-0.3, -0.25) is 10.0 Å². The maximum Gasteiger partial charge on any atom is 0.438 e. The van der Waals surface area contributed by atoms with Gasteiger partial charge in [-0.25, -0.2) is 4.79 Å². The number of carbonyl (C=O) groups excluding carboxylic acids is 1. The number of hydrogen-bond donors (Lipinski definition) is 2. The predicted octanol–water partition coefficient (Wildman–Crippen LogP) is -0.488. The highest BCUT2D eigenvalue weighted by atomic mass is 16.6. The monoisotopic (exact) mass is 105 g/mol. The van der Waals surface area contributed by atoms with Crippen LogP contribution in [0.2, 0.25) is 0 Å². The van der Waals surface area contributed by atoms with Crippen molar-refractivity contribution in [3.8, 4) is 0 Å². The number of carbonyl (C=O) groups is 2. The van der Waals surface area contributed by atoms with Crippen LogP contribution in [0.4, 0.5) is 4.79 Å². The lowest BCUT2D eigenvalue weighted by Gasteiger charge is -1.95. The Labute approximate surface area is 38.7 Å².